The molecule has 1 atom stereocenters. The van der Waals surface area contributed by atoms with Crippen molar-refractivity contribution in [3.63, 3.8) is 0 Å². The second-order valence-corrected chi connectivity index (χ2v) is 3.20. The molecule has 1 unspecified atom stereocenters. The minimum absolute atomic E-state index is 0.0993. The number of hydrogen-bond donors (Lipinski definition) is 2. The topological polar surface area (TPSA) is 72.5 Å². The van der Waals surface area contributed by atoms with Crippen molar-refractivity contribution in [1.82, 2.24) is 0 Å². The van der Waals surface area contributed by atoms with Crippen LogP contribution in [0.4, 0.5) is 0 Å². The van der Waals surface area contributed by atoms with E-state index in [1.165, 1.54) is 0 Å². The SMILES string of the molecule is CC(C)CCOCC(N)C(=O)O. The Hall–Kier alpha value is -0.610. The number of aliphatic carboxylic acids is 1. The zero-order chi connectivity index (χ0) is 9.56. The van der Waals surface area contributed by atoms with Crippen molar-refractivity contribution < 1.29 is 14.6 Å². The number of rotatable bonds is 6. The van der Waals surface area contributed by atoms with E-state index in [0.717, 1.165) is 6.42 Å². The highest BCUT2D eigenvalue weighted by molar-refractivity contribution is 5.73. The Morgan fingerprint density at radius 3 is 2.58 bits per heavy atom. The van der Waals surface area contributed by atoms with Crippen molar-refractivity contribution in [3.8, 4) is 0 Å². The highest BCUT2D eigenvalue weighted by atomic mass is 16.5. The minimum Gasteiger partial charge on any atom is -0.480 e. The molecule has 0 radical (unpaired) electrons. The summed E-state index contributed by atoms with van der Waals surface area (Å²) in [5.41, 5.74) is 5.21. The molecule has 0 aromatic rings. The smallest absolute Gasteiger partial charge is 0.322 e. The monoisotopic (exact) mass is 175 g/mol. The molecule has 3 N–H and O–H groups in total. The maximum atomic E-state index is 10.2. The van der Waals surface area contributed by atoms with E-state index in [1.54, 1.807) is 0 Å². The summed E-state index contributed by atoms with van der Waals surface area (Å²) in [7, 11) is 0. The van der Waals surface area contributed by atoms with Crippen LogP contribution in [0.2, 0.25) is 0 Å². The van der Waals surface area contributed by atoms with Gasteiger partial charge < -0.3 is 15.6 Å². The van der Waals surface area contributed by atoms with Crippen LogP contribution in [0.5, 0.6) is 0 Å². The predicted molar refractivity (Wildman–Crippen MR) is 45.9 cm³/mol. The molecule has 0 saturated carbocycles. The molecule has 4 heteroatoms. The molecule has 72 valence electrons. The van der Waals surface area contributed by atoms with E-state index in [1.807, 2.05) is 0 Å². The van der Waals surface area contributed by atoms with Crippen LogP contribution in [0, 0.1) is 5.92 Å². The second kappa shape index (κ2) is 5.97. The van der Waals surface area contributed by atoms with Gasteiger partial charge in [-0.2, -0.15) is 0 Å². The van der Waals surface area contributed by atoms with E-state index in [2.05, 4.69) is 13.8 Å². The lowest BCUT2D eigenvalue weighted by atomic mass is 10.1. The summed E-state index contributed by atoms with van der Waals surface area (Å²) in [6.45, 7) is 4.85. The first-order chi connectivity index (χ1) is 5.54. The van der Waals surface area contributed by atoms with Gasteiger partial charge in [0.05, 0.1) is 6.61 Å². The highest BCUT2D eigenvalue weighted by Gasteiger charge is 2.10. The van der Waals surface area contributed by atoms with E-state index in [4.69, 9.17) is 15.6 Å². The normalized spacial score (nSPS) is 13.3. The third-order valence-electron chi connectivity index (χ3n) is 1.45. The van der Waals surface area contributed by atoms with Crippen molar-refractivity contribution >= 4 is 5.97 Å². The first-order valence-corrected chi connectivity index (χ1v) is 4.10. The Balaban J connectivity index is 3.25. The summed E-state index contributed by atoms with van der Waals surface area (Å²) in [5, 5.41) is 8.39. The summed E-state index contributed by atoms with van der Waals surface area (Å²) >= 11 is 0. The van der Waals surface area contributed by atoms with Crippen molar-refractivity contribution in [1.29, 1.82) is 0 Å². The summed E-state index contributed by atoms with van der Waals surface area (Å²) in [4.78, 5) is 10.2. The van der Waals surface area contributed by atoms with Crippen LogP contribution in [0.25, 0.3) is 0 Å². The predicted octanol–water partition coefficient (Wildman–Crippen LogP) is 0.461. The van der Waals surface area contributed by atoms with E-state index in [-0.39, 0.29) is 6.61 Å². The molecule has 0 aliphatic carbocycles. The summed E-state index contributed by atoms with van der Waals surface area (Å²) < 4.78 is 5.06. The Bertz CT molecular complexity index is 136. The van der Waals surface area contributed by atoms with Crippen LogP contribution in [-0.4, -0.2) is 30.3 Å². The van der Waals surface area contributed by atoms with Gasteiger partial charge >= 0.3 is 5.97 Å². The van der Waals surface area contributed by atoms with Crippen molar-refractivity contribution in [2.75, 3.05) is 13.2 Å². The first kappa shape index (κ1) is 11.4. The molecular formula is C8H17NO3. The van der Waals surface area contributed by atoms with Gasteiger partial charge in [-0.3, -0.25) is 4.79 Å². The number of carbonyl (C=O) groups is 1. The lowest BCUT2D eigenvalue weighted by Gasteiger charge is -2.08. The van der Waals surface area contributed by atoms with Crippen LogP contribution in [0.1, 0.15) is 20.3 Å². The Morgan fingerprint density at radius 2 is 2.17 bits per heavy atom. The molecule has 4 nitrogen and oxygen atoms in total. The zero-order valence-electron chi connectivity index (χ0n) is 7.62. The van der Waals surface area contributed by atoms with Gasteiger partial charge in [0.25, 0.3) is 0 Å². The fraction of sp³-hybridized carbons (Fsp3) is 0.875. The molecule has 0 bridgehead atoms. The maximum absolute atomic E-state index is 10.2. The summed E-state index contributed by atoms with van der Waals surface area (Å²) in [6.07, 6.45) is 0.937. The van der Waals surface area contributed by atoms with Crippen LogP contribution < -0.4 is 5.73 Å². The molecule has 0 heterocycles. The number of carboxylic acids is 1. The van der Waals surface area contributed by atoms with E-state index in [0.29, 0.717) is 12.5 Å². The standard InChI is InChI=1S/C8H17NO3/c1-6(2)3-4-12-5-7(9)8(10)11/h6-7H,3-5,9H2,1-2H3,(H,10,11). The van der Waals surface area contributed by atoms with Gasteiger partial charge in [-0.25, -0.2) is 0 Å². The number of ether oxygens (including phenoxy) is 1. The van der Waals surface area contributed by atoms with Gasteiger partial charge in [0.15, 0.2) is 0 Å². The van der Waals surface area contributed by atoms with Gasteiger partial charge in [0.1, 0.15) is 6.04 Å². The van der Waals surface area contributed by atoms with E-state index < -0.39 is 12.0 Å². The molecule has 0 aromatic carbocycles. The fourth-order valence-corrected chi connectivity index (χ4v) is 0.601. The number of hydrogen-bond acceptors (Lipinski definition) is 3. The summed E-state index contributed by atoms with van der Waals surface area (Å²) in [5.74, 6) is -0.439. The molecular weight excluding hydrogens is 158 g/mol. The third-order valence-corrected chi connectivity index (χ3v) is 1.45. The Kier molecular flexibility index (Phi) is 5.66. The molecule has 0 spiro atoms. The molecule has 0 aliphatic heterocycles. The maximum Gasteiger partial charge on any atom is 0.322 e. The van der Waals surface area contributed by atoms with Crippen molar-refractivity contribution in [2.45, 2.75) is 26.3 Å². The van der Waals surface area contributed by atoms with Crippen LogP contribution in [0.15, 0.2) is 0 Å². The highest BCUT2D eigenvalue weighted by Crippen LogP contribution is 1.98. The third kappa shape index (κ3) is 6.12. The first-order valence-electron chi connectivity index (χ1n) is 4.10. The molecule has 0 rings (SSSR count). The molecule has 0 aliphatic rings. The van der Waals surface area contributed by atoms with Crippen molar-refractivity contribution in [2.24, 2.45) is 11.7 Å². The lowest BCUT2D eigenvalue weighted by molar-refractivity contribution is -0.140. The molecule has 12 heavy (non-hydrogen) atoms. The molecule has 0 aromatic heterocycles. The second-order valence-electron chi connectivity index (χ2n) is 3.20. The van der Waals surface area contributed by atoms with E-state index >= 15 is 0 Å². The molecule has 0 saturated heterocycles. The molecule has 0 fully saturated rings. The van der Waals surface area contributed by atoms with Crippen molar-refractivity contribution in [3.05, 3.63) is 0 Å². The zero-order valence-corrected chi connectivity index (χ0v) is 7.62. The van der Waals surface area contributed by atoms with E-state index in [9.17, 15) is 4.79 Å². The fourth-order valence-electron chi connectivity index (χ4n) is 0.601. The summed E-state index contributed by atoms with van der Waals surface area (Å²) in [6, 6.07) is -0.892. The van der Waals surface area contributed by atoms with Gasteiger partial charge in [0, 0.05) is 6.61 Å². The largest absolute Gasteiger partial charge is 0.480 e. The van der Waals surface area contributed by atoms with Gasteiger partial charge in [-0.15, -0.1) is 0 Å². The minimum atomic E-state index is -1.01. The Morgan fingerprint density at radius 1 is 1.58 bits per heavy atom. The lowest BCUT2D eigenvalue weighted by Crippen LogP contribution is -2.35. The van der Waals surface area contributed by atoms with Gasteiger partial charge in [-0.05, 0) is 12.3 Å². The average molecular weight is 175 g/mol. The van der Waals surface area contributed by atoms with Crippen LogP contribution in [-0.2, 0) is 9.53 Å². The van der Waals surface area contributed by atoms with Crippen LogP contribution in [0.3, 0.4) is 0 Å². The van der Waals surface area contributed by atoms with Crippen LogP contribution >= 0.6 is 0 Å². The van der Waals surface area contributed by atoms with Gasteiger partial charge in [-0.1, -0.05) is 13.8 Å². The van der Waals surface area contributed by atoms with Gasteiger partial charge in [0.2, 0.25) is 0 Å². The number of nitrogens with two attached hydrogens (primary N) is 1. The number of carboxylic acid groups (broad SMARTS) is 1. The quantitative estimate of drug-likeness (QED) is 0.575. The average Bonchev–Trinajstić information content (AvgIpc) is 1.97. The Labute approximate surface area is 72.7 Å². The molecule has 0 amide bonds.